The van der Waals surface area contributed by atoms with E-state index in [2.05, 4.69) is 66.7 Å². The van der Waals surface area contributed by atoms with Crippen LogP contribution in [0.2, 0.25) is 5.02 Å². The van der Waals surface area contributed by atoms with E-state index in [1.165, 1.54) is 16.7 Å². The standard InChI is InChI=1S/C34H36ClNO3/c1-4-38-32(37)22-34(18-19-34)29-16-14-27(15-17-29)26-10-12-28(13-11-26)33-31(24(3)36-39-33)20-23(2)8-9-25-6-5-7-30(35)21-25/h5-7,10-17,21,23H,4,8-9,18-20,22H2,1-3H3. The van der Waals surface area contributed by atoms with E-state index in [1.54, 1.807) is 0 Å². The van der Waals surface area contributed by atoms with Gasteiger partial charge in [-0.25, -0.2) is 0 Å². The molecule has 0 aliphatic heterocycles. The molecule has 4 nitrogen and oxygen atoms in total. The van der Waals surface area contributed by atoms with Crippen LogP contribution in [0.4, 0.5) is 0 Å². The summed E-state index contributed by atoms with van der Waals surface area (Å²) in [7, 11) is 0. The van der Waals surface area contributed by atoms with Crippen LogP contribution in [0.1, 0.15) is 61.9 Å². The normalized spacial score (nSPS) is 14.7. The second kappa shape index (κ2) is 11.8. The highest BCUT2D eigenvalue weighted by Crippen LogP contribution is 2.51. The summed E-state index contributed by atoms with van der Waals surface area (Å²) < 4.78 is 11.0. The van der Waals surface area contributed by atoms with E-state index in [0.717, 1.165) is 65.3 Å². The van der Waals surface area contributed by atoms with Gasteiger partial charge in [0.15, 0.2) is 5.76 Å². The molecular formula is C34H36ClNO3. The molecule has 5 rings (SSSR count). The van der Waals surface area contributed by atoms with Crippen LogP contribution in [0.3, 0.4) is 0 Å². The van der Waals surface area contributed by atoms with E-state index in [4.69, 9.17) is 20.9 Å². The fraction of sp³-hybridized carbons (Fsp3) is 0.353. The molecule has 39 heavy (non-hydrogen) atoms. The molecule has 202 valence electrons. The fourth-order valence-corrected chi connectivity index (χ4v) is 5.66. The van der Waals surface area contributed by atoms with Gasteiger partial charge in [0.1, 0.15) is 0 Å². The first kappa shape index (κ1) is 27.2. The van der Waals surface area contributed by atoms with Crippen LogP contribution in [-0.4, -0.2) is 17.7 Å². The van der Waals surface area contributed by atoms with E-state index >= 15 is 0 Å². The molecule has 1 unspecified atom stereocenters. The van der Waals surface area contributed by atoms with Gasteiger partial charge < -0.3 is 9.26 Å². The van der Waals surface area contributed by atoms with Gasteiger partial charge in [-0.05, 0) is 86.3 Å². The molecule has 0 radical (unpaired) electrons. The molecule has 0 spiro atoms. The van der Waals surface area contributed by atoms with E-state index in [0.29, 0.717) is 18.9 Å². The number of esters is 1. The van der Waals surface area contributed by atoms with Gasteiger partial charge in [-0.2, -0.15) is 0 Å². The quantitative estimate of drug-likeness (QED) is 0.178. The number of ether oxygens (including phenoxy) is 1. The number of nitrogens with zero attached hydrogens (tertiary/aromatic N) is 1. The van der Waals surface area contributed by atoms with Gasteiger partial charge in [0, 0.05) is 21.6 Å². The zero-order chi connectivity index (χ0) is 27.4. The highest BCUT2D eigenvalue weighted by atomic mass is 35.5. The van der Waals surface area contributed by atoms with Crippen molar-refractivity contribution in [2.75, 3.05) is 6.61 Å². The van der Waals surface area contributed by atoms with Crippen molar-refractivity contribution in [3.8, 4) is 22.5 Å². The first-order valence-electron chi connectivity index (χ1n) is 13.9. The molecule has 1 atom stereocenters. The van der Waals surface area contributed by atoms with Gasteiger partial charge in [-0.1, -0.05) is 84.3 Å². The van der Waals surface area contributed by atoms with Crippen LogP contribution in [0.25, 0.3) is 22.5 Å². The lowest BCUT2D eigenvalue weighted by molar-refractivity contribution is -0.143. The van der Waals surface area contributed by atoms with Crippen LogP contribution >= 0.6 is 11.6 Å². The molecule has 0 N–H and O–H groups in total. The van der Waals surface area contributed by atoms with Crippen molar-refractivity contribution < 1.29 is 14.1 Å². The van der Waals surface area contributed by atoms with Crippen molar-refractivity contribution in [2.24, 2.45) is 5.92 Å². The summed E-state index contributed by atoms with van der Waals surface area (Å²) in [6, 6.07) is 25.3. The number of hydrogen-bond donors (Lipinski definition) is 0. The van der Waals surface area contributed by atoms with Crippen molar-refractivity contribution in [1.82, 2.24) is 5.16 Å². The highest BCUT2D eigenvalue weighted by Gasteiger charge is 2.46. The monoisotopic (exact) mass is 541 g/mol. The van der Waals surface area contributed by atoms with E-state index in [9.17, 15) is 4.79 Å². The van der Waals surface area contributed by atoms with Crippen molar-refractivity contribution >= 4 is 17.6 Å². The van der Waals surface area contributed by atoms with Crippen molar-refractivity contribution in [2.45, 2.75) is 64.7 Å². The molecule has 1 aliphatic carbocycles. The Kier molecular flexibility index (Phi) is 8.23. The SMILES string of the molecule is CCOC(=O)CC1(c2ccc(-c3ccc(-c4onc(C)c4CC(C)CCc4cccc(Cl)c4)cc3)cc2)CC1. The van der Waals surface area contributed by atoms with Gasteiger partial charge in [-0.3, -0.25) is 4.79 Å². The summed E-state index contributed by atoms with van der Waals surface area (Å²) in [4.78, 5) is 12.1. The maximum Gasteiger partial charge on any atom is 0.306 e. The lowest BCUT2D eigenvalue weighted by Gasteiger charge is -2.15. The van der Waals surface area contributed by atoms with Crippen LogP contribution in [0.5, 0.6) is 0 Å². The molecule has 1 saturated carbocycles. The smallest absolute Gasteiger partial charge is 0.306 e. The van der Waals surface area contributed by atoms with Crippen LogP contribution in [0, 0.1) is 12.8 Å². The van der Waals surface area contributed by atoms with Crippen LogP contribution < -0.4 is 0 Å². The molecule has 0 amide bonds. The first-order valence-corrected chi connectivity index (χ1v) is 14.3. The van der Waals surface area contributed by atoms with Gasteiger partial charge in [0.2, 0.25) is 0 Å². The third-order valence-electron chi connectivity index (χ3n) is 7.97. The van der Waals surface area contributed by atoms with Crippen LogP contribution in [0.15, 0.2) is 77.3 Å². The Hall–Kier alpha value is -3.37. The molecule has 1 fully saturated rings. The first-order chi connectivity index (χ1) is 18.9. The molecule has 1 aromatic heterocycles. The van der Waals surface area contributed by atoms with E-state index < -0.39 is 0 Å². The zero-order valence-electron chi connectivity index (χ0n) is 23.0. The van der Waals surface area contributed by atoms with Crippen molar-refractivity contribution in [3.63, 3.8) is 0 Å². The Bertz CT molecular complexity index is 1420. The van der Waals surface area contributed by atoms with Gasteiger partial charge >= 0.3 is 5.97 Å². The molecule has 3 aromatic carbocycles. The van der Waals surface area contributed by atoms with Gasteiger partial charge in [0.05, 0.1) is 18.7 Å². The third-order valence-corrected chi connectivity index (χ3v) is 8.21. The number of halogens is 1. The number of hydrogen-bond acceptors (Lipinski definition) is 4. The predicted molar refractivity (Wildman–Crippen MR) is 157 cm³/mol. The molecule has 4 aromatic rings. The number of aryl methyl sites for hydroxylation is 2. The second-order valence-electron chi connectivity index (χ2n) is 11.0. The van der Waals surface area contributed by atoms with Crippen molar-refractivity contribution in [1.29, 1.82) is 0 Å². The molecule has 0 bridgehead atoms. The minimum Gasteiger partial charge on any atom is -0.466 e. The Balaban J connectivity index is 1.25. The number of carbonyl (C=O) groups excluding carboxylic acids is 1. The highest BCUT2D eigenvalue weighted by molar-refractivity contribution is 6.30. The maximum atomic E-state index is 12.1. The fourth-order valence-electron chi connectivity index (χ4n) is 5.45. The summed E-state index contributed by atoms with van der Waals surface area (Å²) in [6.45, 7) is 6.59. The Labute approximate surface area is 236 Å². The lowest BCUT2D eigenvalue weighted by Crippen LogP contribution is -2.15. The minimum atomic E-state index is -0.104. The molecule has 1 aliphatic rings. The van der Waals surface area contributed by atoms with Gasteiger partial charge in [-0.15, -0.1) is 0 Å². The number of benzene rings is 3. The van der Waals surface area contributed by atoms with E-state index in [1.807, 2.05) is 32.0 Å². The summed E-state index contributed by atoms with van der Waals surface area (Å²) in [5, 5.41) is 5.09. The Morgan fingerprint density at radius 1 is 1.03 bits per heavy atom. The second-order valence-corrected chi connectivity index (χ2v) is 11.4. The zero-order valence-corrected chi connectivity index (χ0v) is 23.8. The summed E-state index contributed by atoms with van der Waals surface area (Å²) >= 11 is 6.15. The minimum absolute atomic E-state index is 0.0412. The summed E-state index contributed by atoms with van der Waals surface area (Å²) in [6.07, 6.45) is 5.53. The number of aromatic nitrogens is 1. The van der Waals surface area contributed by atoms with Crippen molar-refractivity contribution in [3.05, 3.63) is 100 Å². The largest absolute Gasteiger partial charge is 0.466 e. The van der Waals surface area contributed by atoms with Crippen LogP contribution in [-0.2, 0) is 27.8 Å². The van der Waals surface area contributed by atoms with Gasteiger partial charge in [0.25, 0.3) is 0 Å². The molecular weight excluding hydrogens is 506 g/mol. The lowest BCUT2D eigenvalue weighted by atomic mass is 9.90. The average molecular weight is 542 g/mol. The summed E-state index contributed by atoms with van der Waals surface area (Å²) in [5.74, 6) is 1.24. The Morgan fingerprint density at radius 3 is 2.33 bits per heavy atom. The molecule has 5 heteroatoms. The average Bonchev–Trinajstić information content (AvgIpc) is 3.63. The number of rotatable bonds is 11. The predicted octanol–water partition coefficient (Wildman–Crippen LogP) is 8.77. The number of carbonyl (C=O) groups is 1. The topological polar surface area (TPSA) is 52.3 Å². The molecule has 1 heterocycles. The molecule has 0 saturated heterocycles. The summed E-state index contributed by atoms with van der Waals surface area (Å²) in [5.41, 5.74) is 7.93. The maximum absolute atomic E-state index is 12.1. The van der Waals surface area contributed by atoms with E-state index in [-0.39, 0.29) is 11.4 Å². The Morgan fingerprint density at radius 2 is 1.69 bits per heavy atom. The third kappa shape index (κ3) is 6.45.